The number of aliphatic hydroxyl groups is 2. The molecule has 6 heteroatoms. The van der Waals surface area contributed by atoms with Gasteiger partial charge in [-0.05, 0) is 20.8 Å². The van der Waals surface area contributed by atoms with E-state index in [4.69, 9.17) is 15.7 Å². The van der Waals surface area contributed by atoms with Crippen LogP contribution in [0.1, 0.15) is 20.8 Å². The van der Waals surface area contributed by atoms with E-state index in [2.05, 4.69) is 5.48 Å². The van der Waals surface area contributed by atoms with Gasteiger partial charge in [-0.2, -0.15) is 5.48 Å². The van der Waals surface area contributed by atoms with Crippen LogP contribution in [-0.2, 0) is 9.63 Å². The number of aliphatic hydroxyl groups excluding tert-OH is 2. The molecule has 0 saturated carbocycles. The third-order valence-corrected chi connectivity index (χ3v) is 1.54. The smallest absolute Gasteiger partial charge is 0.192 e. The molecule has 6 nitrogen and oxygen atoms in total. The molecule has 0 aliphatic rings. The monoisotopic (exact) mass is 220 g/mol. The van der Waals surface area contributed by atoms with Crippen LogP contribution in [0, 0.1) is 0 Å². The molecule has 0 bridgehead atoms. The lowest BCUT2D eigenvalue weighted by Gasteiger charge is -2.21. The predicted octanol–water partition coefficient (Wildman–Crippen LogP) is -1.44. The van der Waals surface area contributed by atoms with Crippen LogP contribution in [0.25, 0.3) is 0 Å². The number of rotatable bonds is 6. The number of hydrogen-bond acceptors (Lipinski definition) is 6. The van der Waals surface area contributed by atoms with Gasteiger partial charge in [-0.1, -0.05) is 0 Å². The predicted molar refractivity (Wildman–Crippen MR) is 54.9 cm³/mol. The average Bonchev–Trinajstić information content (AvgIpc) is 2.13. The second kappa shape index (κ2) is 6.14. The maximum atomic E-state index is 11.2. The Bertz CT molecular complexity index is 203. The van der Waals surface area contributed by atoms with Crippen LogP contribution in [0.15, 0.2) is 0 Å². The molecule has 0 aliphatic heterocycles. The Morgan fingerprint density at radius 2 is 1.93 bits per heavy atom. The van der Waals surface area contributed by atoms with Gasteiger partial charge in [0.2, 0.25) is 0 Å². The van der Waals surface area contributed by atoms with Crippen molar-refractivity contribution in [1.29, 1.82) is 0 Å². The Labute approximate surface area is 89.4 Å². The number of ketones is 1. The van der Waals surface area contributed by atoms with E-state index < -0.39 is 23.6 Å². The maximum Gasteiger partial charge on any atom is 0.192 e. The minimum absolute atomic E-state index is 0.0762. The second-order valence-corrected chi connectivity index (χ2v) is 4.23. The van der Waals surface area contributed by atoms with Crippen molar-refractivity contribution in [1.82, 2.24) is 5.48 Å². The lowest BCUT2D eigenvalue weighted by molar-refractivity contribution is -0.139. The zero-order chi connectivity index (χ0) is 12.1. The number of Topliss-reactive ketones (excluding diaryl/α,β-unsaturated/α-hetero) is 1. The summed E-state index contributed by atoms with van der Waals surface area (Å²) in [7, 11) is 0. The summed E-state index contributed by atoms with van der Waals surface area (Å²) >= 11 is 0. The molecular formula is C9H20N2O4. The first-order chi connectivity index (χ1) is 6.78. The molecule has 0 aromatic rings. The summed E-state index contributed by atoms with van der Waals surface area (Å²) < 4.78 is 0. The van der Waals surface area contributed by atoms with Gasteiger partial charge in [-0.25, -0.2) is 0 Å². The van der Waals surface area contributed by atoms with Crippen molar-refractivity contribution in [2.75, 3.05) is 13.1 Å². The lowest BCUT2D eigenvalue weighted by atomic mass is 10.1. The summed E-state index contributed by atoms with van der Waals surface area (Å²) in [4.78, 5) is 16.2. The molecule has 0 heterocycles. The van der Waals surface area contributed by atoms with E-state index in [0.717, 1.165) is 0 Å². The van der Waals surface area contributed by atoms with Gasteiger partial charge in [0.05, 0.1) is 12.1 Å². The highest BCUT2D eigenvalue weighted by Gasteiger charge is 2.22. The summed E-state index contributed by atoms with van der Waals surface area (Å²) in [5.41, 5.74) is 7.13. The summed E-state index contributed by atoms with van der Waals surface area (Å²) in [6.45, 7) is 5.19. The largest absolute Gasteiger partial charge is 0.384 e. The fourth-order valence-electron chi connectivity index (χ4n) is 0.776. The van der Waals surface area contributed by atoms with Crippen LogP contribution < -0.4 is 11.2 Å². The molecule has 90 valence electrons. The molecule has 2 unspecified atom stereocenters. The minimum atomic E-state index is -1.32. The van der Waals surface area contributed by atoms with Gasteiger partial charge in [0.25, 0.3) is 0 Å². The molecule has 0 amide bonds. The van der Waals surface area contributed by atoms with Crippen LogP contribution in [0.4, 0.5) is 0 Å². The molecular weight excluding hydrogens is 200 g/mol. The van der Waals surface area contributed by atoms with Gasteiger partial charge in [0, 0.05) is 6.54 Å². The highest BCUT2D eigenvalue weighted by molar-refractivity contribution is 5.87. The maximum absolute atomic E-state index is 11.2. The quantitative estimate of drug-likeness (QED) is 0.408. The first-order valence-electron chi connectivity index (χ1n) is 4.78. The van der Waals surface area contributed by atoms with Crippen molar-refractivity contribution in [3.05, 3.63) is 0 Å². The number of nitrogens with two attached hydrogens (primary N) is 1. The van der Waals surface area contributed by atoms with E-state index >= 15 is 0 Å². The van der Waals surface area contributed by atoms with E-state index in [-0.39, 0.29) is 13.1 Å². The second-order valence-electron chi connectivity index (χ2n) is 4.23. The summed E-state index contributed by atoms with van der Waals surface area (Å²) in [5.74, 6) is -0.706. The van der Waals surface area contributed by atoms with Crippen molar-refractivity contribution in [3.63, 3.8) is 0 Å². The van der Waals surface area contributed by atoms with E-state index in [1.54, 1.807) is 0 Å². The highest BCUT2D eigenvalue weighted by atomic mass is 16.7. The van der Waals surface area contributed by atoms with Gasteiger partial charge in [-0.15, -0.1) is 0 Å². The average molecular weight is 220 g/mol. The first-order valence-corrected chi connectivity index (χ1v) is 4.78. The molecule has 0 spiro atoms. The standard InChI is InChI=1S/C9H20N2O4/c1-9(2,3)15-11-5-7(13)8(14)6(12)4-10/h6-7,11-13H,4-5,10H2,1-3H3. The Balaban J connectivity index is 3.84. The van der Waals surface area contributed by atoms with E-state index in [1.165, 1.54) is 0 Å². The number of hydrogen-bond donors (Lipinski definition) is 4. The van der Waals surface area contributed by atoms with Crippen molar-refractivity contribution in [2.24, 2.45) is 5.73 Å². The van der Waals surface area contributed by atoms with Crippen molar-refractivity contribution in [3.8, 4) is 0 Å². The van der Waals surface area contributed by atoms with E-state index in [9.17, 15) is 9.90 Å². The third kappa shape index (κ3) is 6.53. The molecule has 0 aromatic carbocycles. The van der Waals surface area contributed by atoms with Gasteiger partial charge in [0.1, 0.15) is 12.2 Å². The minimum Gasteiger partial charge on any atom is -0.384 e. The topological polar surface area (TPSA) is 105 Å². The number of carbonyl (C=O) groups is 1. The molecule has 0 rings (SSSR count). The number of hydroxylamine groups is 1. The van der Waals surface area contributed by atoms with Crippen LogP contribution in [0.2, 0.25) is 0 Å². The van der Waals surface area contributed by atoms with Crippen molar-refractivity contribution in [2.45, 2.75) is 38.6 Å². The molecule has 0 aromatic heterocycles. The fourth-order valence-corrected chi connectivity index (χ4v) is 0.776. The molecule has 0 saturated heterocycles. The van der Waals surface area contributed by atoms with E-state index in [1.807, 2.05) is 20.8 Å². The van der Waals surface area contributed by atoms with Gasteiger partial charge < -0.3 is 15.9 Å². The number of nitrogens with one attached hydrogen (secondary N) is 1. The SMILES string of the molecule is CC(C)(C)ONCC(O)C(=O)C(O)CN. The zero-order valence-corrected chi connectivity index (χ0v) is 9.36. The van der Waals surface area contributed by atoms with Crippen LogP contribution >= 0.6 is 0 Å². The fraction of sp³-hybridized carbons (Fsp3) is 0.889. The highest BCUT2D eigenvalue weighted by Crippen LogP contribution is 2.03. The van der Waals surface area contributed by atoms with Gasteiger partial charge >= 0.3 is 0 Å². The molecule has 15 heavy (non-hydrogen) atoms. The Kier molecular flexibility index (Phi) is 5.92. The number of carbonyl (C=O) groups excluding carboxylic acids is 1. The lowest BCUT2D eigenvalue weighted by Crippen LogP contribution is -2.43. The summed E-state index contributed by atoms with van der Waals surface area (Å²) in [6, 6.07) is 0. The zero-order valence-electron chi connectivity index (χ0n) is 9.36. The molecule has 0 radical (unpaired) electrons. The van der Waals surface area contributed by atoms with Crippen LogP contribution in [-0.4, -0.2) is 46.9 Å². The van der Waals surface area contributed by atoms with Crippen LogP contribution in [0.3, 0.4) is 0 Å². The van der Waals surface area contributed by atoms with Crippen molar-refractivity contribution < 1.29 is 19.8 Å². The first kappa shape index (κ1) is 14.5. The normalized spacial score (nSPS) is 16.1. The van der Waals surface area contributed by atoms with Gasteiger partial charge in [-0.3, -0.25) is 9.63 Å². The molecule has 2 atom stereocenters. The van der Waals surface area contributed by atoms with Crippen LogP contribution in [0.5, 0.6) is 0 Å². The Morgan fingerprint density at radius 3 is 2.33 bits per heavy atom. The van der Waals surface area contributed by atoms with Crippen molar-refractivity contribution >= 4 is 5.78 Å². The summed E-state index contributed by atoms with van der Waals surface area (Å²) in [5, 5.41) is 18.4. The van der Waals surface area contributed by atoms with E-state index in [0.29, 0.717) is 0 Å². The summed E-state index contributed by atoms with van der Waals surface area (Å²) in [6.07, 6.45) is -2.64. The molecule has 5 N–H and O–H groups in total. The van der Waals surface area contributed by atoms with Gasteiger partial charge in [0.15, 0.2) is 5.78 Å². The Hall–Kier alpha value is -0.530. The Morgan fingerprint density at radius 1 is 1.40 bits per heavy atom. The molecule has 0 aliphatic carbocycles. The molecule has 0 fully saturated rings. The third-order valence-electron chi connectivity index (χ3n) is 1.54.